The Morgan fingerprint density at radius 2 is 2.19 bits per heavy atom. The quantitative estimate of drug-likeness (QED) is 0.513. The SMILES string of the molecule is CCCCCCOC(=O)[C@@H]1[C@H]2CCC(=O)[C@H]21. The van der Waals surface area contributed by atoms with E-state index in [1.165, 1.54) is 12.8 Å². The van der Waals surface area contributed by atoms with Gasteiger partial charge in [-0.3, -0.25) is 9.59 Å². The maximum Gasteiger partial charge on any atom is 0.309 e. The van der Waals surface area contributed by atoms with Crippen LogP contribution >= 0.6 is 0 Å². The first-order chi connectivity index (χ1) is 7.75. The van der Waals surface area contributed by atoms with E-state index in [9.17, 15) is 9.59 Å². The summed E-state index contributed by atoms with van der Waals surface area (Å²) in [6.45, 7) is 2.69. The molecule has 90 valence electrons. The third-order valence-electron chi connectivity index (χ3n) is 3.78. The van der Waals surface area contributed by atoms with E-state index < -0.39 is 0 Å². The van der Waals surface area contributed by atoms with Crippen molar-refractivity contribution in [2.24, 2.45) is 17.8 Å². The summed E-state index contributed by atoms with van der Waals surface area (Å²) in [5, 5.41) is 0. The monoisotopic (exact) mass is 224 g/mol. The summed E-state index contributed by atoms with van der Waals surface area (Å²) in [7, 11) is 0. The number of Topliss-reactive ketones (excluding diaryl/α,β-unsaturated/α-hetero) is 1. The third kappa shape index (κ3) is 2.28. The van der Waals surface area contributed by atoms with Crippen molar-refractivity contribution in [2.75, 3.05) is 6.61 Å². The van der Waals surface area contributed by atoms with Crippen LogP contribution in [0.1, 0.15) is 45.4 Å². The molecular formula is C13H20O3. The average molecular weight is 224 g/mol. The van der Waals surface area contributed by atoms with Gasteiger partial charge in [0.2, 0.25) is 0 Å². The lowest BCUT2D eigenvalue weighted by molar-refractivity contribution is -0.147. The van der Waals surface area contributed by atoms with E-state index in [4.69, 9.17) is 4.74 Å². The van der Waals surface area contributed by atoms with Crippen LogP contribution in [0.3, 0.4) is 0 Å². The number of carbonyl (C=O) groups excluding carboxylic acids is 2. The molecule has 2 rings (SSSR count). The fourth-order valence-corrected chi connectivity index (χ4v) is 2.77. The lowest BCUT2D eigenvalue weighted by atomic mass is 10.1. The highest BCUT2D eigenvalue weighted by Crippen LogP contribution is 2.55. The maximum atomic E-state index is 11.6. The molecule has 2 saturated carbocycles. The van der Waals surface area contributed by atoms with Gasteiger partial charge in [-0.1, -0.05) is 26.2 Å². The van der Waals surface area contributed by atoms with Crippen molar-refractivity contribution in [3.05, 3.63) is 0 Å². The van der Waals surface area contributed by atoms with Crippen LogP contribution in [0.2, 0.25) is 0 Å². The fraction of sp³-hybridized carbons (Fsp3) is 0.846. The van der Waals surface area contributed by atoms with E-state index in [1.54, 1.807) is 0 Å². The zero-order valence-electron chi connectivity index (χ0n) is 9.91. The number of hydrogen-bond donors (Lipinski definition) is 0. The zero-order chi connectivity index (χ0) is 11.5. The molecule has 2 aliphatic carbocycles. The van der Waals surface area contributed by atoms with E-state index in [2.05, 4.69) is 6.92 Å². The molecule has 0 bridgehead atoms. The molecule has 0 aromatic rings. The van der Waals surface area contributed by atoms with Crippen LogP contribution in [-0.2, 0) is 14.3 Å². The molecule has 3 atom stereocenters. The standard InChI is InChI=1S/C13H20O3/c1-2-3-4-5-8-16-13(15)12-9-6-7-10(14)11(9)12/h9,11-12H,2-8H2,1H3/t9-,11-,12+/m0/s1. The minimum absolute atomic E-state index is 0.0307. The van der Waals surface area contributed by atoms with Crippen LogP contribution in [0.4, 0.5) is 0 Å². The van der Waals surface area contributed by atoms with E-state index in [0.29, 0.717) is 18.9 Å². The molecule has 0 radical (unpaired) electrons. The number of rotatable bonds is 6. The van der Waals surface area contributed by atoms with Crippen molar-refractivity contribution in [3.8, 4) is 0 Å². The van der Waals surface area contributed by atoms with Crippen molar-refractivity contribution in [1.82, 2.24) is 0 Å². The second-order valence-corrected chi connectivity index (χ2v) is 4.95. The van der Waals surface area contributed by atoms with Gasteiger partial charge in [-0.05, 0) is 18.8 Å². The van der Waals surface area contributed by atoms with Crippen LogP contribution < -0.4 is 0 Å². The largest absolute Gasteiger partial charge is 0.465 e. The van der Waals surface area contributed by atoms with Gasteiger partial charge in [0.05, 0.1) is 12.5 Å². The molecular weight excluding hydrogens is 204 g/mol. The van der Waals surface area contributed by atoms with E-state index >= 15 is 0 Å². The molecule has 0 aliphatic heterocycles. The predicted molar refractivity (Wildman–Crippen MR) is 59.8 cm³/mol. The van der Waals surface area contributed by atoms with E-state index in [1.807, 2.05) is 0 Å². The Hall–Kier alpha value is -0.860. The normalized spacial score (nSPS) is 31.3. The number of carbonyl (C=O) groups is 2. The number of hydrogen-bond acceptors (Lipinski definition) is 3. The van der Waals surface area contributed by atoms with Crippen molar-refractivity contribution >= 4 is 11.8 Å². The van der Waals surface area contributed by atoms with Crippen molar-refractivity contribution in [2.45, 2.75) is 45.4 Å². The topological polar surface area (TPSA) is 43.4 Å². The second kappa shape index (κ2) is 4.98. The average Bonchev–Trinajstić information content (AvgIpc) is 2.89. The molecule has 0 heterocycles. The molecule has 16 heavy (non-hydrogen) atoms. The summed E-state index contributed by atoms with van der Waals surface area (Å²) in [6.07, 6.45) is 6.05. The minimum Gasteiger partial charge on any atom is -0.465 e. The maximum absolute atomic E-state index is 11.6. The summed E-state index contributed by atoms with van der Waals surface area (Å²) in [5.41, 5.74) is 0. The van der Waals surface area contributed by atoms with Gasteiger partial charge in [0.25, 0.3) is 0 Å². The Labute approximate surface area is 96.5 Å². The molecule has 0 N–H and O–H groups in total. The fourth-order valence-electron chi connectivity index (χ4n) is 2.77. The molecule has 3 heteroatoms. The van der Waals surface area contributed by atoms with Crippen molar-refractivity contribution in [3.63, 3.8) is 0 Å². The third-order valence-corrected chi connectivity index (χ3v) is 3.78. The van der Waals surface area contributed by atoms with Crippen molar-refractivity contribution in [1.29, 1.82) is 0 Å². The second-order valence-electron chi connectivity index (χ2n) is 4.95. The van der Waals surface area contributed by atoms with E-state index in [0.717, 1.165) is 19.3 Å². The number of ketones is 1. The number of ether oxygens (including phenoxy) is 1. The molecule has 3 nitrogen and oxygen atoms in total. The van der Waals surface area contributed by atoms with Gasteiger partial charge in [-0.15, -0.1) is 0 Å². The number of fused-ring (bicyclic) bond motifs is 1. The van der Waals surface area contributed by atoms with E-state index in [-0.39, 0.29) is 23.6 Å². The van der Waals surface area contributed by atoms with Gasteiger partial charge in [0.15, 0.2) is 0 Å². The number of esters is 1. The molecule has 0 aromatic carbocycles. The van der Waals surface area contributed by atoms with Crippen LogP contribution in [0.25, 0.3) is 0 Å². The van der Waals surface area contributed by atoms with Crippen LogP contribution in [-0.4, -0.2) is 18.4 Å². The first kappa shape index (κ1) is 11.6. The van der Waals surface area contributed by atoms with Gasteiger partial charge < -0.3 is 4.74 Å². The summed E-state index contributed by atoms with van der Waals surface area (Å²) < 4.78 is 5.21. The minimum atomic E-state index is -0.125. The van der Waals surface area contributed by atoms with Crippen LogP contribution in [0.5, 0.6) is 0 Å². The zero-order valence-corrected chi connectivity index (χ0v) is 9.91. The molecule has 0 spiro atoms. The Kier molecular flexibility index (Phi) is 3.62. The van der Waals surface area contributed by atoms with Crippen LogP contribution in [0.15, 0.2) is 0 Å². The van der Waals surface area contributed by atoms with Gasteiger partial charge in [-0.25, -0.2) is 0 Å². The van der Waals surface area contributed by atoms with Gasteiger partial charge in [0.1, 0.15) is 5.78 Å². The van der Waals surface area contributed by atoms with Gasteiger partial charge in [0, 0.05) is 12.3 Å². The Balaban J connectivity index is 1.61. The van der Waals surface area contributed by atoms with Gasteiger partial charge in [-0.2, -0.15) is 0 Å². The molecule has 0 unspecified atom stereocenters. The number of unbranched alkanes of at least 4 members (excludes halogenated alkanes) is 3. The lowest BCUT2D eigenvalue weighted by Gasteiger charge is -2.05. The molecule has 2 fully saturated rings. The van der Waals surface area contributed by atoms with Gasteiger partial charge >= 0.3 is 5.97 Å². The Morgan fingerprint density at radius 1 is 1.38 bits per heavy atom. The molecule has 2 aliphatic rings. The van der Waals surface area contributed by atoms with Crippen molar-refractivity contribution < 1.29 is 14.3 Å². The summed E-state index contributed by atoms with van der Waals surface area (Å²) in [4.78, 5) is 23.0. The molecule has 0 aromatic heterocycles. The first-order valence-electron chi connectivity index (χ1n) is 6.45. The lowest BCUT2D eigenvalue weighted by Crippen LogP contribution is -2.13. The highest BCUT2D eigenvalue weighted by molar-refractivity contribution is 5.94. The smallest absolute Gasteiger partial charge is 0.309 e. The highest BCUT2D eigenvalue weighted by Gasteiger charge is 2.62. The first-order valence-corrected chi connectivity index (χ1v) is 6.45. The predicted octanol–water partition coefficient (Wildman–Crippen LogP) is 2.33. The summed E-state index contributed by atoms with van der Waals surface area (Å²) in [6, 6.07) is 0. The molecule has 0 saturated heterocycles. The summed E-state index contributed by atoms with van der Waals surface area (Å²) in [5.74, 6) is 0.434. The highest BCUT2D eigenvalue weighted by atomic mass is 16.5. The Morgan fingerprint density at radius 3 is 2.81 bits per heavy atom. The Bertz CT molecular complexity index is 285. The summed E-state index contributed by atoms with van der Waals surface area (Å²) >= 11 is 0. The molecule has 0 amide bonds. The van der Waals surface area contributed by atoms with Crippen LogP contribution in [0, 0.1) is 17.8 Å².